The van der Waals surface area contributed by atoms with Crippen molar-refractivity contribution in [3.05, 3.63) is 63.0 Å². The van der Waals surface area contributed by atoms with E-state index in [1.165, 1.54) is 10.6 Å². The number of carboxylic acid groups (broad SMARTS) is 1. The van der Waals surface area contributed by atoms with Gasteiger partial charge in [0.25, 0.3) is 5.56 Å². The highest BCUT2D eigenvalue weighted by molar-refractivity contribution is 6.30. The molecule has 1 N–H and O–H groups in total. The molecule has 0 aliphatic heterocycles. The Labute approximate surface area is 108 Å². The number of benzene rings is 1. The van der Waals surface area contributed by atoms with Crippen LogP contribution in [0.2, 0.25) is 5.02 Å². The lowest BCUT2D eigenvalue weighted by Gasteiger charge is -2.10. The Hall–Kier alpha value is -2.07. The van der Waals surface area contributed by atoms with E-state index in [1.807, 2.05) is 0 Å². The molecule has 0 bridgehead atoms. The third-order valence-corrected chi connectivity index (χ3v) is 2.81. The first-order valence-electron chi connectivity index (χ1n) is 5.22. The Bertz CT molecular complexity index is 676. The zero-order chi connectivity index (χ0) is 13.3. The summed E-state index contributed by atoms with van der Waals surface area (Å²) in [4.78, 5) is 23.0. The lowest BCUT2D eigenvalue weighted by Crippen LogP contribution is -2.26. The fourth-order valence-corrected chi connectivity index (χ4v) is 1.91. The van der Waals surface area contributed by atoms with Crippen LogP contribution in [-0.4, -0.2) is 15.6 Å². The van der Waals surface area contributed by atoms with Gasteiger partial charge in [-0.3, -0.25) is 9.36 Å². The van der Waals surface area contributed by atoms with Crippen LogP contribution >= 0.6 is 11.6 Å². The van der Waals surface area contributed by atoms with Gasteiger partial charge in [-0.25, -0.2) is 4.79 Å². The first kappa shape index (κ1) is 12.4. The van der Waals surface area contributed by atoms with E-state index < -0.39 is 11.5 Å². The number of hydrogen-bond donors (Lipinski definition) is 1. The number of halogens is 1. The number of pyridine rings is 1. The van der Waals surface area contributed by atoms with Crippen LogP contribution in [0.1, 0.15) is 16.1 Å². The summed E-state index contributed by atoms with van der Waals surface area (Å²) in [6, 6.07) is 9.60. The fraction of sp³-hybridized carbons (Fsp3) is 0.0769. The lowest BCUT2D eigenvalue weighted by atomic mass is 10.2. The van der Waals surface area contributed by atoms with E-state index in [9.17, 15) is 9.59 Å². The van der Waals surface area contributed by atoms with Crippen molar-refractivity contribution in [3.8, 4) is 5.69 Å². The smallest absolute Gasteiger partial charge is 0.341 e. The molecule has 1 aromatic carbocycles. The first-order valence-corrected chi connectivity index (χ1v) is 5.60. The van der Waals surface area contributed by atoms with Crippen LogP contribution in [-0.2, 0) is 0 Å². The number of hydrogen-bond acceptors (Lipinski definition) is 2. The molecule has 0 aliphatic carbocycles. The maximum Gasteiger partial charge on any atom is 0.341 e. The summed E-state index contributed by atoms with van der Waals surface area (Å²) in [6.45, 7) is 1.73. The van der Waals surface area contributed by atoms with Crippen LogP contribution in [0, 0.1) is 6.92 Å². The molecule has 2 rings (SSSR count). The zero-order valence-corrected chi connectivity index (χ0v) is 10.3. The van der Waals surface area contributed by atoms with Crippen molar-refractivity contribution in [2.45, 2.75) is 6.92 Å². The second-order valence-electron chi connectivity index (χ2n) is 3.81. The minimum absolute atomic E-state index is 0.263. The molecular weight excluding hydrogens is 254 g/mol. The summed E-state index contributed by atoms with van der Waals surface area (Å²) < 4.78 is 1.33. The maximum atomic E-state index is 12.1. The Morgan fingerprint density at radius 3 is 2.61 bits per heavy atom. The van der Waals surface area contributed by atoms with E-state index in [1.54, 1.807) is 37.3 Å². The van der Waals surface area contributed by atoms with Crippen molar-refractivity contribution in [2.75, 3.05) is 0 Å². The topological polar surface area (TPSA) is 59.3 Å². The van der Waals surface area contributed by atoms with Crippen LogP contribution in [0.4, 0.5) is 0 Å². The van der Waals surface area contributed by atoms with Crippen LogP contribution in [0.5, 0.6) is 0 Å². The van der Waals surface area contributed by atoms with E-state index in [2.05, 4.69) is 0 Å². The van der Waals surface area contributed by atoms with Gasteiger partial charge in [0, 0.05) is 10.7 Å². The Balaban J connectivity index is 2.75. The van der Waals surface area contributed by atoms with Gasteiger partial charge in [0.1, 0.15) is 5.56 Å². The second-order valence-corrected chi connectivity index (χ2v) is 4.25. The number of aromatic nitrogens is 1. The van der Waals surface area contributed by atoms with Gasteiger partial charge in [-0.05, 0) is 37.3 Å². The van der Waals surface area contributed by atoms with Gasteiger partial charge in [0.2, 0.25) is 0 Å². The quantitative estimate of drug-likeness (QED) is 0.906. The number of carbonyl (C=O) groups is 1. The van der Waals surface area contributed by atoms with Crippen LogP contribution in [0.25, 0.3) is 5.69 Å². The Kier molecular flexibility index (Phi) is 3.21. The Morgan fingerprint density at radius 1 is 1.28 bits per heavy atom. The van der Waals surface area contributed by atoms with Crippen molar-refractivity contribution >= 4 is 17.6 Å². The molecule has 1 heterocycles. The van der Waals surface area contributed by atoms with Gasteiger partial charge in [-0.2, -0.15) is 0 Å². The molecule has 0 unspecified atom stereocenters. The molecule has 5 heteroatoms. The molecule has 2 aromatic rings. The van der Waals surface area contributed by atoms with E-state index in [-0.39, 0.29) is 5.56 Å². The average Bonchev–Trinajstić information content (AvgIpc) is 2.28. The molecule has 0 saturated carbocycles. The number of aromatic carboxylic acids is 1. The number of aryl methyl sites for hydroxylation is 1. The van der Waals surface area contributed by atoms with Gasteiger partial charge < -0.3 is 5.11 Å². The second kappa shape index (κ2) is 4.66. The summed E-state index contributed by atoms with van der Waals surface area (Å²) in [5.74, 6) is -1.24. The van der Waals surface area contributed by atoms with Crippen molar-refractivity contribution in [3.63, 3.8) is 0 Å². The first-order chi connectivity index (χ1) is 8.50. The summed E-state index contributed by atoms with van der Waals surface area (Å²) >= 11 is 5.87. The monoisotopic (exact) mass is 263 g/mol. The highest BCUT2D eigenvalue weighted by atomic mass is 35.5. The summed E-state index contributed by atoms with van der Waals surface area (Å²) in [5.41, 5.74) is 0.366. The molecule has 0 atom stereocenters. The zero-order valence-electron chi connectivity index (χ0n) is 9.55. The molecule has 0 spiro atoms. The van der Waals surface area contributed by atoms with Crippen molar-refractivity contribution in [1.82, 2.24) is 4.57 Å². The largest absolute Gasteiger partial charge is 0.477 e. The summed E-state index contributed by atoms with van der Waals surface area (Å²) in [5, 5.41) is 9.43. The molecule has 0 amide bonds. The van der Waals surface area contributed by atoms with E-state index >= 15 is 0 Å². The van der Waals surface area contributed by atoms with Crippen LogP contribution in [0.3, 0.4) is 0 Å². The molecule has 0 fully saturated rings. The summed E-state index contributed by atoms with van der Waals surface area (Å²) in [7, 11) is 0. The van der Waals surface area contributed by atoms with Gasteiger partial charge in [0.15, 0.2) is 0 Å². The number of nitrogens with zero attached hydrogens (tertiary/aromatic N) is 1. The standard InChI is InChI=1S/C13H10ClNO3/c1-8-5-6-11(13(17)18)12(16)15(8)10-4-2-3-9(14)7-10/h2-7H,1H3,(H,17,18). The molecule has 1 aromatic heterocycles. The van der Waals surface area contributed by atoms with Crippen LogP contribution < -0.4 is 5.56 Å². The number of carboxylic acids is 1. The van der Waals surface area contributed by atoms with Crippen molar-refractivity contribution in [2.24, 2.45) is 0 Å². The highest BCUT2D eigenvalue weighted by Crippen LogP contribution is 2.15. The van der Waals surface area contributed by atoms with Gasteiger partial charge in [-0.15, -0.1) is 0 Å². The molecule has 18 heavy (non-hydrogen) atoms. The normalized spacial score (nSPS) is 10.3. The minimum atomic E-state index is -1.24. The number of rotatable bonds is 2. The lowest BCUT2D eigenvalue weighted by molar-refractivity contribution is 0.0694. The van der Waals surface area contributed by atoms with Crippen molar-refractivity contribution < 1.29 is 9.90 Å². The highest BCUT2D eigenvalue weighted by Gasteiger charge is 2.13. The van der Waals surface area contributed by atoms with E-state index in [4.69, 9.17) is 16.7 Å². The van der Waals surface area contributed by atoms with E-state index in [0.717, 1.165) is 0 Å². The maximum absolute atomic E-state index is 12.1. The molecule has 0 radical (unpaired) electrons. The summed E-state index contributed by atoms with van der Waals surface area (Å²) in [6.07, 6.45) is 0. The molecule has 92 valence electrons. The van der Waals surface area contributed by atoms with E-state index in [0.29, 0.717) is 16.4 Å². The predicted molar refractivity (Wildman–Crippen MR) is 68.7 cm³/mol. The fourth-order valence-electron chi connectivity index (χ4n) is 1.73. The predicted octanol–water partition coefficient (Wildman–Crippen LogP) is 2.50. The molecule has 4 nitrogen and oxygen atoms in total. The Morgan fingerprint density at radius 2 is 2.00 bits per heavy atom. The van der Waals surface area contributed by atoms with Gasteiger partial charge >= 0.3 is 5.97 Å². The minimum Gasteiger partial charge on any atom is -0.477 e. The third kappa shape index (κ3) is 2.15. The average molecular weight is 264 g/mol. The van der Waals surface area contributed by atoms with Gasteiger partial charge in [0.05, 0.1) is 5.69 Å². The molecular formula is C13H10ClNO3. The van der Waals surface area contributed by atoms with Gasteiger partial charge in [-0.1, -0.05) is 17.7 Å². The van der Waals surface area contributed by atoms with Crippen molar-refractivity contribution in [1.29, 1.82) is 0 Å². The van der Waals surface area contributed by atoms with Crippen LogP contribution in [0.15, 0.2) is 41.2 Å². The molecule has 0 saturated heterocycles. The SMILES string of the molecule is Cc1ccc(C(=O)O)c(=O)n1-c1cccc(Cl)c1. The molecule has 0 aliphatic rings. The third-order valence-electron chi connectivity index (χ3n) is 2.57.